The molecular weight excluding hydrogens is 240 g/mol. The van der Waals surface area contributed by atoms with Crippen LogP contribution < -0.4 is 10.6 Å². The predicted molar refractivity (Wildman–Crippen MR) is 75.0 cm³/mol. The third kappa shape index (κ3) is 4.24. The number of urea groups is 1. The molecule has 0 spiro atoms. The van der Waals surface area contributed by atoms with Crippen molar-refractivity contribution in [2.75, 3.05) is 13.1 Å². The van der Waals surface area contributed by atoms with E-state index in [0.29, 0.717) is 19.0 Å². The van der Waals surface area contributed by atoms with E-state index in [0.717, 1.165) is 19.3 Å². The summed E-state index contributed by atoms with van der Waals surface area (Å²) in [5.41, 5.74) is 2.85. The first-order chi connectivity index (χ1) is 9.15. The lowest BCUT2D eigenvalue weighted by Crippen LogP contribution is -2.41. The maximum atomic E-state index is 11.5. The van der Waals surface area contributed by atoms with E-state index in [-0.39, 0.29) is 6.03 Å². The number of aliphatic hydroxyl groups excluding tert-OH is 1. The maximum Gasteiger partial charge on any atom is 0.314 e. The quantitative estimate of drug-likeness (QED) is 0.769. The smallest absolute Gasteiger partial charge is 0.314 e. The highest BCUT2D eigenvalue weighted by Gasteiger charge is 2.18. The number of fused-ring (bicyclic) bond motifs is 1. The SMILES string of the molecule is C[C@@H](O)CNC(=O)NC[C@H]1CCc2ccccc2C1. The van der Waals surface area contributed by atoms with Crippen molar-refractivity contribution in [1.29, 1.82) is 0 Å². The first kappa shape index (κ1) is 13.9. The van der Waals surface area contributed by atoms with E-state index in [9.17, 15) is 4.79 Å². The molecule has 0 radical (unpaired) electrons. The molecule has 0 unspecified atom stereocenters. The summed E-state index contributed by atoms with van der Waals surface area (Å²) in [5.74, 6) is 0.507. The van der Waals surface area contributed by atoms with Crippen molar-refractivity contribution >= 4 is 6.03 Å². The van der Waals surface area contributed by atoms with Crippen LogP contribution in [0.25, 0.3) is 0 Å². The van der Waals surface area contributed by atoms with Gasteiger partial charge in [0, 0.05) is 13.1 Å². The number of nitrogens with one attached hydrogen (secondary N) is 2. The average Bonchev–Trinajstić information content (AvgIpc) is 2.42. The molecule has 0 heterocycles. The second-order valence-electron chi connectivity index (χ2n) is 5.32. The molecular formula is C15H22N2O2. The number of amides is 2. The Morgan fingerprint density at radius 2 is 2.11 bits per heavy atom. The predicted octanol–water partition coefficient (Wildman–Crippen LogP) is 1.47. The Bertz CT molecular complexity index is 432. The van der Waals surface area contributed by atoms with Crippen LogP contribution in [0, 0.1) is 5.92 Å². The minimum atomic E-state index is -0.507. The number of hydrogen-bond acceptors (Lipinski definition) is 2. The molecule has 1 aromatic rings. The third-order valence-corrected chi connectivity index (χ3v) is 3.56. The standard InChI is InChI=1S/C15H22N2O2/c1-11(18)9-16-15(19)17-10-12-6-7-13-4-2-3-5-14(13)8-12/h2-5,11-12,18H,6-10H2,1H3,(H2,16,17,19)/t11-,12+/m1/s1. The summed E-state index contributed by atoms with van der Waals surface area (Å²) in [5, 5.41) is 14.6. The topological polar surface area (TPSA) is 61.4 Å². The second-order valence-corrected chi connectivity index (χ2v) is 5.32. The lowest BCUT2D eigenvalue weighted by molar-refractivity contribution is 0.187. The summed E-state index contributed by atoms with van der Waals surface area (Å²) in [7, 11) is 0. The highest BCUT2D eigenvalue weighted by Crippen LogP contribution is 2.24. The zero-order valence-corrected chi connectivity index (χ0v) is 11.4. The molecule has 1 aliphatic carbocycles. The van der Waals surface area contributed by atoms with E-state index in [1.54, 1.807) is 6.92 Å². The van der Waals surface area contributed by atoms with Crippen molar-refractivity contribution < 1.29 is 9.90 Å². The number of benzene rings is 1. The Morgan fingerprint density at radius 3 is 2.84 bits per heavy atom. The normalized spacial score (nSPS) is 19.4. The number of aliphatic hydroxyl groups is 1. The summed E-state index contributed by atoms with van der Waals surface area (Å²) in [6, 6.07) is 8.33. The molecule has 0 aromatic heterocycles. The van der Waals surface area contributed by atoms with E-state index < -0.39 is 6.10 Å². The van der Waals surface area contributed by atoms with Gasteiger partial charge in [-0.2, -0.15) is 0 Å². The van der Waals surface area contributed by atoms with Crippen LogP contribution in [0.3, 0.4) is 0 Å². The molecule has 0 saturated heterocycles. The van der Waals surface area contributed by atoms with Crippen LogP contribution in [0.1, 0.15) is 24.5 Å². The molecule has 0 saturated carbocycles. The molecule has 2 atom stereocenters. The zero-order valence-electron chi connectivity index (χ0n) is 11.4. The fraction of sp³-hybridized carbons (Fsp3) is 0.533. The summed E-state index contributed by atoms with van der Waals surface area (Å²) < 4.78 is 0. The van der Waals surface area contributed by atoms with Gasteiger partial charge in [-0.15, -0.1) is 0 Å². The average molecular weight is 262 g/mol. The molecule has 19 heavy (non-hydrogen) atoms. The molecule has 0 aliphatic heterocycles. The molecule has 4 nitrogen and oxygen atoms in total. The minimum absolute atomic E-state index is 0.195. The van der Waals surface area contributed by atoms with Gasteiger partial charge in [0.2, 0.25) is 0 Å². The zero-order chi connectivity index (χ0) is 13.7. The van der Waals surface area contributed by atoms with Crippen molar-refractivity contribution in [3.63, 3.8) is 0 Å². The lowest BCUT2D eigenvalue weighted by Gasteiger charge is -2.24. The van der Waals surface area contributed by atoms with E-state index in [2.05, 4.69) is 34.9 Å². The van der Waals surface area contributed by atoms with Gasteiger partial charge in [0.15, 0.2) is 0 Å². The Kier molecular flexibility index (Phi) is 4.80. The molecule has 1 aromatic carbocycles. The second kappa shape index (κ2) is 6.57. The summed E-state index contributed by atoms with van der Waals surface area (Å²) in [4.78, 5) is 11.5. The van der Waals surface area contributed by atoms with Gasteiger partial charge in [-0.3, -0.25) is 0 Å². The molecule has 0 bridgehead atoms. The molecule has 1 aliphatic rings. The Morgan fingerprint density at radius 1 is 1.37 bits per heavy atom. The van der Waals surface area contributed by atoms with Gasteiger partial charge >= 0.3 is 6.03 Å². The number of carbonyl (C=O) groups excluding carboxylic acids is 1. The van der Waals surface area contributed by atoms with Gasteiger partial charge in [0.05, 0.1) is 6.10 Å². The van der Waals surface area contributed by atoms with E-state index in [1.165, 1.54) is 11.1 Å². The molecule has 0 fully saturated rings. The summed E-state index contributed by atoms with van der Waals surface area (Å²) in [6.07, 6.45) is 2.74. The maximum absolute atomic E-state index is 11.5. The fourth-order valence-corrected chi connectivity index (χ4v) is 2.49. The Labute approximate surface area is 114 Å². The van der Waals surface area contributed by atoms with Crippen molar-refractivity contribution in [2.45, 2.75) is 32.3 Å². The van der Waals surface area contributed by atoms with Crippen molar-refractivity contribution in [3.05, 3.63) is 35.4 Å². The molecule has 104 valence electrons. The largest absolute Gasteiger partial charge is 0.392 e. The summed E-state index contributed by atoms with van der Waals surface area (Å²) >= 11 is 0. The van der Waals surface area contributed by atoms with Gasteiger partial charge in [-0.25, -0.2) is 4.79 Å². The molecule has 2 amide bonds. The third-order valence-electron chi connectivity index (χ3n) is 3.56. The van der Waals surface area contributed by atoms with Crippen LogP contribution >= 0.6 is 0 Å². The highest BCUT2D eigenvalue weighted by atomic mass is 16.3. The molecule has 3 N–H and O–H groups in total. The summed E-state index contributed by atoms with van der Waals surface area (Å²) in [6.45, 7) is 2.64. The fourth-order valence-electron chi connectivity index (χ4n) is 2.49. The van der Waals surface area contributed by atoms with Gasteiger partial charge in [0.1, 0.15) is 0 Å². The number of hydrogen-bond donors (Lipinski definition) is 3. The Hall–Kier alpha value is -1.55. The van der Waals surface area contributed by atoms with Crippen LogP contribution in [0.5, 0.6) is 0 Å². The Balaban J connectivity index is 1.75. The van der Waals surface area contributed by atoms with E-state index in [4.69, 9.17) is 5.11 Å². The van der Waals surface area contributed by atoms with Crippen LogP contribution in [0.2, 0.25) is 0 Å². The highest BCUT2D eigenvalue weighted by molar-refractivity contribution is 5.73. The van der Waals surface area contributed by atoms with Crippen LogP contribution in [0.4, 0.5) is 4.79 Å². The van der Waals surface area contributed by atoms with Crippen molar-refractivity contribution in [1.82, 2.24) is 10.6 Å². The van der Waals surface area contributed by atoms with Crippen molar-refractivity contribution in [3.8, 4) is 0 Å². The van der Waals surface area contributed by atoms with Crippen LogP contribution in [0.15, 0.2) is 24.3 Å². The van der Waals surface area contributed by atoms with Gasteiger partial charge in [0.25, 0.3) is 0 Å². The van der Waals surface area contributed by atoms with E-state index in [1.807, 2.05) is 0 Å². The lowest BCUT2D eigenvalue weighted by atomic mass is 9.84. The molecule has 2 rings (SSSR count). The number of aryl methyl sites for hydroxylation is 1. The minimum Gasteiger partial charge on any atom is -0.392 e. The van der Waals surface area contributed by atoms with Crippen LogP contribution in [-0.4, -0.2) is 30.3 Å². The van der Waals surface area contributed by atoms with Gasteiger partial charge in [-0.1, -0.05) is 24.3 Å². The van der Waals surface area contributed by atoms with Gasteiger partial charge in [-0.05, 0) is 43.2 Å². The monoisotopic (exact) mass is 262 g/mol. The van der Waals surface area contributed by atoms with E-state index >= 15 is 0 Å². The van der Waals surface area contributed by atoms with Crippen LogP contribution in [-0.2, 0) is 12.8 Å². The molecule has 4 heteroatoms. The first-order valence-electron chi connectivity index (χ1n) is 6.91. The number of rotatable bonds is 4. The van der Waals surface area contributed by atoms with Crippen molar-refractivity contribution in [2.24, 2.45) is 5.92 Å². The first-order valence-corrected chi connectivity index (χ1v) is 6.91. The number of carbonyl (C=O) groups is 1. The van der Waals surface area contributed by atoms with Gasteiger partial charge < -0.3 is 15.7 Å².